The van der Waals surface area contributed by atoms with E-state index in [1.54, 1.807) is 7.11 Å². The summed E-state index contributed by atoms with van der Waals surface area (Å²) in [4.78, 5) is 14.1. The second kappa shape index (κ2) is 7.27. The second-order valence-corrected chi connectivity index (χ2v) is 6.36. The van der Waals surface area contributed by atoms with Crippen molar-refractivity contribution in [3.8, 4) is 0 Å². The molecule has 1 aliphatic rings. The number of benzene rings is 1. The van der Waals surface area contributed by atoms with Crippen molar-refractivity contribution in [1.82, 2.24) is 15.1 Å². The van der Waals surface area contributed by atoms with Crippen LogP contribution in [0.2, 0.25) is 0 Å². The third kappa shape index (κ3) is 3.57. The third-order valence-electron chi connectivity index (χ3n) is 4.50. The Labute approximate surface area is 140 Å². The Kier molecular flexibility index (Phi) is 5.11. The van der Waals surface area contributed by atoms with Crippen molar-refractivity contribution in [3.63, 3.8) is 0 Å². The van der Waals surface area contributed by atoms with Crippen molar-refractivity contribution in [1.29, 1.82) is 0 Å². The van der Waals surface area contributed by atoms with Crippen molar-refractivity contribution in [2.45, 2.75) is 25.3 Å². The van der Waals surface area contributed by atoms with E-state index in [9.17, 15) is 9.18 Å². The number of likely N-dealkylation sites (N-methyl/N-ethyl adjacent to an activating group) is 1. The van der Waals surface area contributed by atoms with Crippen LogP contribution in [0, 0.1) is 5.82 Å². The summed E-state index contributed by atoms with van der Waals surface area (Å²) in [5.74, 6) is -0.410. The van der Waals surface area contributed by atoms with Gasteiger partial charge in [0.2, 0.25) is 0 Å². The van der Waals surface area contributed by atoms with E-state index in [0.717, 1.165) is 50.0 Å². The average Bonchev–Trinajstić information content (AvgIpc) is 2.55. The average molecular weight is 334 g/mol. The highest BCUT2D eigenvalue weighted by Gasteiger charge is 2.23. The van der Waals surface area contributed by atoms with E-state index in [1.807, 2.05) is 0 Å². The van der Waals surface area contributed by atoms with Gasteiger partial charge in [-0.1, -0.05) is 0 Å². The Bertz CT molecular complexity index is 777. The molecule has 6 nitrogen and oxygen atoms in total. The van der Waals surface area contributed by atoms with Gasteiger partial charge >= 0.3 is 0 Å². The summed E-state index contributed by atoms with van der Waals surface area (Å²) in [6.45, 7) is 2.61. The molecule has 2 aromatic rings. The van der Waals surface area contributed by atoms with Crippen molar-refractivity contribution in [2.75, 3.05) is 39.2 Å². The maximum Gasteiger partial charge on any atom is 0.272 e. The number of aromatic amines is 1. The fourth-order valence-corrected chi connectivity index (χ4v) is 3.24. The normalized spacial score (nSPS) is 16.6. The number of H-pyrrole nitrogens is 1. The van der Waals surface area contributed by atoms with Crippen LogP contribution < -0.4 is 10.9 Å². The van der Waals surface area contributed by atoms with Gasteiger partial charge in [-0.15, -0.1) is 0 Å². The number of nitrogens with zero attached hydrogens (tertiary/aromatic N) is 2. The molecule has 1 unspecified atom stereocenters. The Morgan fingerprint density at radius 3 is 3.04 bits per heavy atom. The molecular formula is C17H23FN4O2. The topological polar surface area (TPSA) is 70.2 Å². The zero-order valence-corrected chi connectivity index (χ0v) is 14.1. The number of halogens is 1. The van der Waals surface area contributed by atoms with E-state index in [0.29, 0.717) is 11.1 Å². The monoisotopic (exact) mass is 334 g/mol. The highest BCUT2D eigenvalue weighted by Crippen LogP contribution is 2.31. The second-order valence-electron chi connectivity index (χ2n) is 6.36. The number of anilines is 1. The molecule has 1 aromatic heterocycles. The molecular weight excluding hydrogens is 311 g/mol. The van der Waals surface area contributed by atoms with Crippen LogP contribution in [-0.4, -0.2) is 55.0 Å². The lowest BCUT2D eigenvalue weighted by atomic mass is 9.96. The largest absolute Gasteiger partial charge is 0.383 e. The van der Waals surface area contributed by atoms with Crippen LogP contribution >= 0.6 is 0 Å². The molecule has 0 aliphatic carbocycles. The summed E-state index contributed by atoms with van der Waals surface area (Å²) in [5.41, 5.74) is 1.15. The predicted octanol–water partition coefficient (Wildman–Crippen LogP) is 1.76. The van der Waals surface area contributed by atoms with Gasteiger partial charge in [0.15, 0.2) is 0 Å². The smallest absolute Gasteiger partial charge is 0.272 e. The number of rotatable bonds is 7. The van der Waals surface area contributed by atoms with E-state index in [-0.39, 0.29) is 11.6 Å². The maximum absolute atomic E-state index is 13.8. The van der Waals surface area contributed by atoms with Crippen molar-refractivity contribution >= 4 is 16.5 Å². The summed E-state index contributed by atoms with van der Waals surface area (Å²) in [6.07, 6.45) is 2.71. The van der Waals surface area contributed by atoms with Gasteiger partial charge < -0.3 is 15.0 Å². The lowest BCUT2D eigenvalue weighted by Gasteiger charge is -2.27. The van der Waals surface area contributed by atoms with Gasteiger partial charge in [-0.05, 0) is 38.6 Å². The van der Waals surface area contributed by atoms with Crippen LogP contribution in [0.5, 0.6) is 0 Å². The molecule has 130 valence electrons. The van der Waals surface area contributed by atoms with E-state index < -0.39 is 5.82 Å². The summed E-state index contributed by atoms with van der Waals surface area (Å²) in [5, 5.41) is 11.1. The van der Waals surface area contributed by atoms with Crippen molar-refractivity contribution in [3.05, 3.63) is 34.0 Å². The molecule has 7 heteroatoms. The lowest BCUT2D eigenvalue weighted by Crippen LogP contribution is -2.30. The van der Waals surface area contributed by atoms with E-state index >= 15 is 0 Å². The van der Waals surface area contributed by atoms with Gasteiger partial charge in [0.1, 0.15) is 5.82 Å². The first kappa shape index (κ1) is 16.9. The van der Waals surface area contributed by atoms with Crippen LogP contribution in [0.25, 0.3) is 10.8 Å². The first-order valence-electron chi connectivity index (χ1n) is 8.23. The number of methoxy groups -OCH3 is 1. The molecule has 1 aliphatic heterocycles. The van der Waals surface area contributed by atoms with E-state index in [4.69, 9.17) is 4.74 Å². The lowest BCUT2D eigenvalue weighted by molar-refractivity contribution is 0.160. The molecule has 1 atom stereocenters. The minimum atomic E-state index is -0.410. The minimum Gasteiger partial charge on any atom is -0.383 e. The Hall–Kier alpha value is -1.99. The number of hydrogen-bond donors (Lipinski definition) is 2. The first-order valence-corrected chi connectivity index (χ1v) is 8.23. The van der Waals surface area contributed by atoms with Crippen molar-refractivity contribution < 1.29 is 9.13 Å². The van der Waals surface area contributed by atoms with Crippen molar-refractivity contribution in [2.24, 2.45) is 0 Å². The Balaban J connectivity index is 1.68. The highest BCUT2D eigenvalue weighted by atomic mass is 19.1. The van der Waals surface area contributed by atoms with E-state index in [2.05, 4.69) is 27.5 Å². The standard InChI is InChI=1S/C17H23FN4O2/c1-22(6-7-24-2)5-3-4-12-10-15-16-13(17(23)21-20-15)8-11(18)9-14(16)19-12/h8-9,12,19H,3-7,10H2,1-2H3,(H,21,23). The number of nitrogens with one attached hydrogen (secondary N) is 2. The summed E-state index contributed by atoms with van der Waals surface area (Å²) in [7, 11) is 3.78. The van der Waals surface area contributed by atoms with Gasteiger partial charge in [0, 0.05) is 37.2 Å². The molecule has 2 N–H and O–H groups in total. The fourth-order valence-electron chi connectivity index (χ4n) is 3.24. The molecule has 3 rings (SSSR count). The molecule has 1 aromatic carbocycles. The molecule has 2 heterocycles. The molecule has 0 saturated carbocycles. The zero-order chi connectivity index (χ0) is 17.1. The predicted molar refractivity (Wildman–Crippen MR) is 92.0 cm³/mol. The number of aromatic nitrogens is 2. The summed E-state index contributed by atoms with van der Waals surface area (Å²) < 4.78 is 18.9. The van der Waals surface area contributed by atoms with Gasteiger partial charge in [-0.25, -0.2) is 9.49 Å². The summed E-state index contributed by atoms with van der Waals surface area (Å²) >= 11 is 0. The number of ether oxygens (including phenoxy) is 1. The Morgan fingerprint density at radius 1 is 1.42 bits per heavy atom. The van der Waals surface area contributed by atoms with Crippen LogP contribution in [-0.2, 0) is 11.2 Å². The Morgan fingerprint density at radius 2 is 2.25 bits per heavy atom. The third-order valence-corrected chi connectivity index (χ3v) is 4.50. The number of hydrogen-bond acceptors (Lipinski definition) is 5. The summed E-state index contributed by atoms with van der Waals surface area (Å²) in [6, 6.07) is 2.91. The molecule has 0 amide bonds. The van der Waals surface area contributed by atoms with E-state index in [1.165, 1.54) is 12.1 Å². The molecule has 0 fully saturated rings. The fraction of sp³-hybridized carbons (Fsp3) is 0.529. The van der Waals surface area contributed by atoms with Gasteiger partial charge in [-0.2, -0.15) is 5.10 Å². The quantitative estimate of drug-likeness (QED) is 0.807. The maximum atomic E-state index is 13.8. The molecule has 0 saturated heterocycles. The van der Waals surface area contributed by atoms with Crippen LogP contribution in [0.1, 0.15) is 18.5 Å². The van der Waals surface area contributed by atoms with Crippen LogP contribution in [0.4, 0.5) is 10.1 Å². The minimum absolute atomic E-state index is 0.191. The van der Waals surface area contributed by atoms with Crippen LogP contribution in [0.15, 0.2) is 16.9 Å². The highest BCUT2D eigenvalue weighted by molar-refractivity contribution is 5.96. The molecule has 0 spiro atoms. The van der Waals surface area contributed by atoms with Crippen LogP contribution in [0.3, 0.4) is 0 Å². The zero-order valence-electron chi connectivity index (χ0n) is 14.1. The van der Waals surface area contributed by atoms with Gasteiger partial charge in [0.25, 0.3) is 5.56 Å². The first-order chi connectivity index (χ1) is 11.6. The molecule has 0 radical (unpaired) electrons. The SMILES string of the molecule is COCCN(C)CCCC1Cc2n[nH]c(=O)c3cc(F)cc(c23)N1. The molecule has 24 heavy (non-hydrogen) atoms. The van der Waals surface area contributed by atoms with Gasteiger partial charge in [0.05, 0.1) is 17.7 Å². The molecule has 0 bridgehead atoms. The van der Waals surface area contributed by atoms with Gasteiger partial charge in [-0.3, -0.25) is 4.79 Å².